The third kappa shape index (κ3) is 3.60. The molecule has 0 saturated carbocycles. The molecule has 1 aromatic carbocycles. The van der Waals surface area contributed by atoms with Gasteiger partial charge >= 0.3 is 0 Å². The Morgan fingerprint density at radius 3 is 2.63 bits per heavy atom. The van der Waals surface area contributed by atoms with Gasteiger partial charge in [-0.1, -0.05) is 37.2 Å². The first-order chi connectivity index (χ1) is 9.10. The standard InChI is InChI=1S/C15H19NO2S/c1-3-4-12-5-7-13(8-6-12)16-10-14(9-15(16)18)19-11(2)17/h5-8,14H,3-4,9-10H2,1-2H3. The van der Waals surface area contributed by atoms with Crippen molar-refractivity contribution >= 4 is 28.5 Å². The topological polar surface area (TPSA) is 37.4 Å². The van der Waals surface area contributed by atoms with E-state index in [0.29, 0.717) is 13.0 Å². The molecule has 1 heterocycles. The predicted molar refractivity (Wildman–Crippen MR) is 79.5 cm³/mol. The molecule has 4 heteroatoms. The summed E-state index contributed by atoms with van der Waals surface area (Å²) in [5, 5.41) is 0.179. The van der Waals surface area contributed by atoms with Gasteiger partial charge in [0.25, 0.3) is 0 Å². The van der Waals surface area contributed by atoms with E-state index in [1.54, 1.807) is 11.8 Å². The lowest BCUT2D eigenvalue weighted by molar-refractivity contribution is -0.117. The molecule has 0 aromatic heterocycles. The van der Waals surface area contributed by atoms with Gasteiger partial charge in [-0.25, -0.2) is 0 Å². The first-order valence-electron chi connectivity index (χ1n) is 6.66. The molecule has 3 nitrogen and oxygen atoms in total. The number of thioether (sulfide) groups is 1. The molecule has 1 saturated heterocycles. The van der Waals surface area contributed by atoms with E-state index in [1.165, 1.54) is 17.3 Å². The second kappa shape index (κ2) is 6.24. The van der Waals surface area contributed by atoms with Crippen LogP contribution in [0.1, 0.15) is 32.3 Å². The Bertz CT molecular complexity index is 470. The monoisotopic (exact) mass is 277 g/mol. The molecular weight excluding hydrogens is 258 g/mol. The molecule has 102 valence electrons. The fraction of sp³-hybridized carbons (Fsp3) is 0.467. The number of carbonyl (C=O) groups excluding carboxylic acids is 2. The number of benzene rings is 1. The number of carbonyl (C=O) groups is 2. The van der Waals surface area contributed by atoms with Crippen molar-refractivity contribution < 1.29 is 9.59 Å². The van der Waals surface area contributed by atoms with Crippen molar-refractivity contribution in [3.05, 3.63) is 29.8 Å². The summed E-state index contributed by atoms with van der Waals surface area (Å²) in [6.07, 6.45) is 2.65. The minimum atomic E-state index is 0.0814. The lowest BCUT2D eigenvalue weighted by atomic mass is 10.1. The summed E-state index contributed by atoms with van der Waals surface area (Å²) in [5.74, 6) is 0.113. The summed E-state index contributed by atoms with van der Waals surface area (Å²) in [6.45, 7) is 4.34. The SMILES string of the molecule is CCCc1ccc(N2CC(SC(C)=O)CC2=O)cc1. The molecule has 0 aliphatic carbocycles. The number of rotatable bonds is 4. The smallest absolute Gasteiger partial charge is 0.228 e. The van der Waals surface area contributed by atoms with Gasteiger partial charge in [0.15, 0.2) is 5.12 Å². The van der Waals surface area contributed by atoms with Crippen molar-refractivity contribution in [3.63, 3.8) is 0 Å². The third-order valence-corrected chi connectivity index (χ3v) is 4.19. The highest BCUT2D eigenvalue weighted by atomic mass is 32.2. The van der Waals surface area contributed by atoms with Crippen LogP contribution in [0.5, 0.6) is 0 Å². The van der Waals surface area contributed by atoms with Crippen molar-refractivity contribution in [2.75, 3.05) is 11.4 Å². The zero-order valence-electron chi connectivity index (χ0n) is 11.4. The number of hydrogen-bond donors (Lipinski definition) is 0. The molecule has 1 aliphatic rings. The fourth-order valence-corrected chi connectivity index (χ4v) is 3.29. The first kappa shape index (κ1) is 14.1. The predicted octanol–water partition coefficient (Wildman–Crippen LogP) is 3.02. The maximum Gasteiger partial charge on any atom is 0.228 e. The molecule has 1 aliphatic heterocycles. The normalized spacial score (nSPS) is 18.9. The Hall–Kier alpha value is -1.29. The molecule has 1 amide bonds. The zero-order valence-corrected chi connectivity index (χ0v) is 12.2. The van der Waals surface area contributed by atoms with Crippen LogP contribution in [-0.4, -0.2) is 22.8 Å². The lowest BCUT2D eigenvalue weighted by Gasteiger charge is -2.16. The van der Waals surface area contributed by atoms with E-state index in [2.05, 4.69) is 19.1 Å². The lowest BCUT2D eigenvalue weighted by Crippen LogP contribution is -2.24. The van der Waals surface area contributed by atoms with E-state index in [9.17, 15) is 9.59 Å². The largest absolute Gasteiger partial charge is 0.311 e. The minimum Gasteiger partial charge on any atom is -0.311 e. The van der Waals surface area contributed by atoms with Crippen LogP contribution in [0.15, 0.2) is 24.3 Å². The van der Waals surface area contributed by atoms with Gasteiger partial charge in [0, 0.05) is 30.8 Å². The molecular formula is C15H19NO2S. The molecule has 1 aromatic rings. The van der Waals surface area contributed by atoms with Crippen molar-refractivity contribution in [3.8, 4) is 0 Å². The van der Waals surface area contributed by atoms with Gasteiger partial charge in [-0.15, -0.1) is 0 Å². The summed E-state index contributed by atoms with van der Waals surface area (Å²) < 4.78 is 0. The molecule has 0 bridgehead atoms. The first-order valence-corrected chi connectivity index (χ1v) is 7.54. The minimum absolute atomic E-state index is 0.0814. The average Bonchev–Trinajstić information content (AvgIpc) is 2.71. The summed E-state index contributed by atoms with van der Waals surface area (Å²) in [4.78, 5) is 24.9. The third-order valence-electron chi connectivity index (χ3n) is 3.21. The van der Waals surface area contributed by atoms with Crippen LogP contribution in [-0.2, 0) is 16.0 Å². The summed E-state index contributed by atoms with van der Waals surface area (Å²) in [6, 6.07) is 8.17. The number of nitrogens with zero attached hydrogens (tertiary/aromatic N) is 1. The molecule has 1 unspecified atom stereocenters. The van der Waals surface area contributed by atoms with Crippen LogP contribution < -0.4 is 4.90 Å². The molecule has 19 heavy (non-hydrogen) atoms. The van der Waals surface area contributed by atoms with Crippen LogP contribution in [0.3, 0.4) is 0 Å². The average molecular weight is 277 g/mol. The van der Waals surface area contributed by atoms with Crippen LogP contribution in [0.25, 0.3) is 0 Å². The van der Waals surface area contributed by atoms with E-state index < -0.39 is 0 Å². The Balaban J connectivity index is 2.05. The van der Waals surface area contributed by atoms with Gasteiger partial charge in [-0.05, 0) is 24.1 Å². The van der Waals surface area contributed by atoms with E-state index in [4.69, 9.17) is 0 Å². The molecule has 1 atom stereocenters. The molecule has 2 rings (SSSR count). The van der Waals surface area contributed by atoms with Gasteiger partial charge in [0.1, 0.15) is 0 Å². The Morgan fingerprint density at radius 2 is 2.05 bits per heavy atom. The van der Waals surface area contributed by atoms with Gasteiger partial charge in [0.05, 0.1) is 0 Å². The number of amides is 1. The molecule has 0 radical (unpaired) electrons. The molecule has 1 fully saturated rings. The van der Waals surface area contributed by atoms with E-state index in [0.717, 1.165) is 18.5 Å². The fourth-order valence-electron chi connectivity index (χ4n) is 2.37. The second-order valence-electron chi connectivity index (χ2n) is 4.86. The number of anilines is 1. The highest BCUT2D eigenvalue weighted by Gasteiger charge is 2.31. The Labute approximate surface area is 118 Å². The van der Waals surface area contributed by atoms with Crippen molar-refractivity contribution in [2.24, 2.45) is 0 Å². The van der Waals surface area contributed by atoms with Crippen LogP contribution in [0.2, 0.25) is 0 Å². The highest BCUT2D eigenvalue weighted by molar-refractivity contribution is 8.14. The van der Waals surface area contributed by atoms with Crippen molar-refractivity contribution in [2.45, 2.75) is 38.4 Å². The number of aryl methyl sites for hydroxylation is 1. The number of hydrogen-bond acceptors (Lipinski definition) is 3. The van der Waals surface area contributed by atoms with E-state index in [-0.39, 0.29) is 16.3 Å². The molecule has 0 spiro atoms. The highest BCUT2D eigenvalue weighted by Crippen LogP contribution is 2.28. The van der Waals surface area contributed by atoms with Gasteiger partial charge in [-0.2, -0.15) is 0 Å². The summed E-state index contributed by atoms with van der Waals surface area (Å²) >= 11 is 1.27. The zero-order chi connectivity index (χ0) is 13.8. The van der Waals surface area contributed by atoms with Crippen LogP contribution >= 0.6 is 11.8 Å². The van der Waals surface area contributed by atoms with Gasteiger partial charge < -0.3 is 4.90 Å². The van der Waals surface area contributed by atoms with Crippen molar-refractivity contribution in [1.29, 1.82) is 0 Å². The van der Waals surface area contributed by atoms with Crippen LogP contribution in [0, 0.1) is 0 Å². The van der Waals surface area contributed by atoms with E-state index >= 15 is 0 Å². The van der Waals surface area contributed by atoms with Gasteiger partial charge in [-0.3, -0.25) is 9.59 Å². The van der Waals surface area contributed by atoms with E-state index in [1.807, 2.05) is 12.1 Å². The van der Waals surface area contributed by atoms with Crippen molar-refractivity contribution in [1.82, 2.24) is 0 Å². The quantitative estimate of drug-likeness (QED) is 0.849. The van der Waals surface area contributed by atoms with Gasteiger partial charge in [0.2, 0.25) is 5.91 Å². The maximum absolute atomic E-state index is 12.0. The summed E-state index contributed by atoms with van der Waals surface area (Å²) in [5.41, 5.74) is 2.24. The van der Waals surface area contributed by atoms with Crippen LogP contribution in [0.4, 0.5) is 5.69 Å². The maximum atomic E-state index is 12.0. The summed E-state index contributed by atoms with van der Waals surface area (Å²) in [7, 11) is 0. The Kier molecular flexibility index (Phi) is 4.64. The second-order valence-corrected chi connectivity index (χ2v) is 6.33. The molecule has 0 N–H and O–H groups in total. The Morgan fingerprint density at radius 1 is 1.37 bits per heavy atom.